The highest BCUT2D eigenvalue weighted by Crippen LogP contribution is 2.27. The molecule has 0 saturated carbocycles. The number of nitro groups is 1. The van der Waals surface area contributed by atoms with Gasteiger partial charge in [-0.05, 0) is 17.7 Å². The van der Waals surface area contributed by atoms with Crippen LogP contribution < -0.4 is 26.4 Å². The number of amides is 2. The fourth-order valence-electron chi connectivity index (χ4n) is 2.52. The maximum Gasteiger partial charge on any atom is 0.356 e. The maximum atomic E-state index is 12.1. The molecule has 3 rings (SSSR count). The Bertz CT molecular complexity index is 1080. The van der Waals surface area contributed by atoms with Crippen LogP contribution in [0.1, 0.15) is 5.56 Å². The molecule has 0 atom stereocenters. The van der Waals surface area contributed by atoms with Crippen LogP contribution in [0.15, 0.2) is 67.0 Å². The number of hydrazine groups is 2. The van der Waals surface area contributed by atoms with Crippen molar-refractivity contribution in [3.05, 3.63) is 82.7 Å². The van der Waals surface area contributed by atoms with Gasteiger partial charge in [0.25, 0.3) is 5.91 Å². The number of ether oxygens (including phenoxy) is 1. The van der Waals surface area contributed by atoms with E-state index in [0.29, 0.717) is 5.75 Å². The van der Waals surface area contributed by atoms with Crippen LogP contribution >= 0.6 is 0 Å². The Labute approximate surface area is 182 Å². The highest BCUT2D eigenvalue weighted by atomic mass is 16.6. The number of benzene rings is 2. The molecule has 0 fully saturated rings. The summed E-state index contributed by atoms with van der Waals surface area (Å²) < 4.78 is 5.29. The minimum atomic E-state index is -0.749. The Hall–Kier alpha value is -4.74. The van der Waals surface area contributed by atoms with E-state index in [9.17, 15) is 19.7 Å². The second-order valence-electron chi connectivity index (χ2n) is 6.29. The van der Waals surface area contributed by atoms with Gasteiger partial charge in [0.2, 0.25) is 17.5 Å². The van der Waals surface area contributed by atoms with Gasteiger partial charge in [-0.3, -0.25) is 41.4 Å². The van der Waals surface area contributed by atoms with Crippen LogP contribution in [0.2, 0.25) is 0 Å². The lowest BCUT2D eigenvalue weighted by Gasteiger charge is -2.12. The van der Waals surface area contributed by atoms with Crippen LogP contribution in [-0.2, 0) is 16.0 Å². The minimum absolute atomic E-state index is 0.0648. The number of carbonyl (C=O) groups excluding carboxylic acids is 2. The molecule has 3 aromatic rings. The van der Waals surface area contributed by atoms with Crippen LogP contribution in [0.3, 0.4) is 0 Å². The average molecular weight is 437 g/mol. The van der Waals surface area contributed by atoms with Gasteiger partial charge in [0.05, 0.1) is 11.3 Å². The van der Waals surface area contributed by atoms with E-state index in [4.69, 9.17) is 4.74 Å². The van der Waals surface area contributed by atoms with Crippen molar-refractivity contribution in [2.24, 2.45) is 0 Å². The summed E-state index contributed by atoms with van der Waals surface area (Å²) in [6.45, 7) is -0.323. The predicted octanol–water partition coefficient (Wildman–Crippen LogP) is 1.59. The number of para-hydroxylation sites is 1. The van der Waals surface area contributed by atoms with E-state index in [-0.39, 0.29) is 24.7 Å². The van der Waals surface area contributed by atoms with E-state index in [1.165, 1.54) is 0 Å². The molecule has 1 heterocycles. The third kappa shape index (κ3) is 6.38. The smallest absolute Gasteiger partial charge is 0.356 e. The summed E-state index contributed by atoms with van der Waals surface area (Å²) in [4.78, 5) is 42.4. The Morgan fingerprint density at radius 2 is 1.44 bits per heavy atom. The Kier molecular flexibility index (Phi) is 7.46. The third-order valence-electron chi connectivity index (χ3n) is 3.97. The van der Waals surface area contributed by atoms with Crippen LogP contribution in [0.4, 0.5) is 17.3 Å². The normalized spacial score (nSPS) is 10.0. The number of hydrogen-bond donors (Lipinski definition) is 4. The SMILES string of the molecule is O=C(COc1ccccc1)NNc1ncnc(NNC(=O)Cc2ccccc2)c1[N+](=O)[O-]. The van der Waals surface area contributed by atoms with Crippen molar-refractivity contribution in [2.45, 2.75) is 6.42 Å². The van der Waals surface area contributed by atoms with Gasteiger partial charge in [-0.25, -0.2) is 9.97 Å². The van der Waals surface area contributed by atoms with Crippen LogP contribution in [0.5, 0.6) is 5.75 Å². The van der Waals surface area contributed by atoms with E-state index in [0.717, 1.165) is 11.9 Å². The van der Waals surface area contributed by atoms with Gasteiger partial charge in [-0.2, -0.15) is 0 Å². The quantitative estimate of drug-likeness (QED) is 0.273. The fraction of sp³-hybridized carbons (Fsp3) is 0.100. The Balaban J connectivity index is 1.58. The van der Waals surface area contributed by atoms with Gasteiger partial charge in [0, 0.05) is 0 Å². The average Bonchev–Trinajstić information content (AvgIpc) is 2.81. The zero-order chi connectivity index (χ0) is 22.8. The summed E-state index contributed by atoms with van der Waals surface area (Å²) in [7, 11) is 0. The number of carbonyl (C=O) groups is 2. The lowest BCUT2D eigenvalue weighted by Crippen LogP contribution is -2.35. The Morgan fingerprint density at radius 3 is 2.03 bits per heavy atom. The van der Waals surface area contributed by atoms with Crippen LogP contribution in [0, 0.1) is 10.1 Å². The van der Waals surface area contributed by atoms with Crippen molar-refractivity contribution >= 4 is 29.1 Å². The number of anilines is 2. The number of nitrogens with zero attached hydrogens (tertiary/aromatic N) is 3. The summed E-state index contributed by atoms with van der Waals surface area (Å²) in [5, 5.41) is 11.5. The molecule has 12 heteroatoms. The summed E-state index contributed by atoms with van der Waals surface area (Å²) in [5.41, 5.74) is 9.61. The first-order valence-corrected chi connectivity index (χ1v) is 9.34. The van der Waals surface area contributed by atoms with Crippen molar-refractivity contribution in [3.63, 3.8) is 0 Å². The van der Waals surface area contributed by atoms with Gasteiger partial charge in [0.1, 0.15) is 12.1 Å². The first kappa shape index (κ1) is 22.0. The molecule has 12 nitrogen and oxygen atoms in total. The summed E-state index contributed by atoms with van der Waals surface area (Å²) in [6, 6.07) is 17.6. The second kappa shape index (κ2) is 10.9. The predicted molar refractivity (Wildman–Crippen MR) is 114 cm³/mol. The molecule has 0 bridgehead atoms. The molecule has 32 heavy (non-hydrogen) atoms. The molecule has 2 aromatic carbocycles. The van der Waals surface area contributed by atoms with Crippen molar-refractivity contribution < 1.29 is 19.2 Å². The van der Waals surface area contributed by atoms with Crippen LogP contribution in [0.25, 0.3) is 0 Å². The second-order valence-corrected chi connectivity index (χ2v) is 6.29. The topological polar surface area (TPSA) is 160 Å². The van der Waals surface area contributed by atoms with Crippen molar-refractivity contribution in [2.75, 3.05) is 17.5 Å². The summed E-state index contributed by atoms with van der Waals surface area (Å²) >= 11 is 0. The highest BCUT2D eigenvalue weighted by Gasteiger charge is 2.24. The van der Waals surface area contributed by atoms with E-state index >= 15 is 0 Å². The zero-order valence-electron chi connectivity index (χ0n) is 16.6. The van der Waals surface area contributed by atoms with Gasteiger partial charge in [0.15, 0.2) is 6.61 Å². The van der Waals surface area contributed by atoms with Gasteiger partial charge in [-0.1, -0.05) is 48.5 Å². The van der Waals surface area contributed by atoms with E-state index in [1.54, 1.807) is 54.6 Å². The van der Waals surface area contributed by atoms with Crippen molar-refractivity contribution in [3.8, 4) is 5.75 Å². The molecule has 164 valence electrons. The fourth-order valence-corrected chi connectivity index (χ4v) is 2.52. The molecular formula is C20H19N7O5. The zero-order valence-corrected chi connectivity index (χ0v) is 16.6. The Morgan fingerprint density at radius 1 is 0.875 bits per heavy atom. The van der Waals surface area contributed by atoms with E-state index in [2.05, 4.69) is 31.7 Å². The van der Waals surface area contributed by atoms with Crippen molar-refractivity contribution in [1.29, 1.82) is 0 Å². The first-order valence-electron chi connectivity index (χ1n) is 9.34. The van der Waals surface area contributed by atoms with E-state index in [1.807, 2.05) is 6.07 Å². The van der Waals surface area contributed by atoms with Crippen LogP contribution in [-0.4, -0.2) is 33.3 Å². The summed E-state index contributed by atoms with van der Waals surface area (Å²) in [5.74, 6) is -1.06. The molecule has 0 aliphatic heterocycles. The van der Waals surface area contributed by atoms with Gasteiger partial charge >= 0.3 is 5.69 Å². The first-order chi connectivity index (χ1) is 15.5. The number of nitrogens with one attached hydrogen (secondary N) is 4. The molecule has 2 amide bonds. The monoisotopic (exact) mass is 437 g/mol. The molecule has 0 radical (unpaired) electrons. The molecule has 4 N–H and O–H groups in total. The molecule has 0 unspecified atom stereocenters. The third-order valence-corrected chi connectivity index (χ3v) is 3.97. The van der Waals surface area contributed by atoms with Gasteiger partial charge < -0.3 is 4.74 Å². The molecule has 0 aliphatic carbocycles. The highest BCUT2D eigenvalue weighted by molar-refractivity contribution is 5.82. The van der Waals surface area contributed by atoms with Gasteiger partial charge in [-0.15, -0.1) is 0 Å². The maximum absolute atomic E-state index is 12.1. The molecule has 0 saturated heterocycles. The summed E-state index contributed by atoms with van der Waals surface area (Å²) in [6.07, 6.45) is 1.10. The number of hydrogen-bond acceptors (Lipinski definition) is 9. The molecule has 0 spiro atoms. The minimum Gasteiger partial charge on any atom is -0.484 e. The lowest BCUT2D eigenvalue weighted by molar-refractivity contribution is -0.383. The molecule has 0 aliphatic rings. The standard InChI is InChI=1S/C20H19N7O5/c28-16(11-14-7-3-1-4-8-14)23-25-19-18(27(30)31)20(22-13-21-19)26-24-17(29)12-32-15-9-5-2-6-10-15/h1-10,13H,11-12H2,(H,23,28)(H,24,29)(H2,21,22,25,26). The lowest BCUT2D eigenvalue weighted by atomic mass is 10.1. The molecule has 1 aromatic heterocycles. The van der Waals surface area contributed by atoms with Crippen molar-refractivity contribution in [1.82, 2.24) is 20.8 Å². The largest absolute Gasteiger partial charge is 0.484 e. The number of aromatic nitrogens is 2. The van der Waals surface area contributed by atoms with E-state index < -0.39 is 22.4 Å². The number of rotatable bonds is 10. The molecular weight excluding hydrogens is 418 g/mol.